The van der Waals surface area contributed by atoms with Crippen molar-refractivity contribution in [1.29, 1.82) is 0 Å². The van der Waals surface area contributed by atoms with E-state index in [1.165, 1.54) is 18.5 Å². The van der Waals surface area contributed by atoms with Crippen LogP contribution in [-0.4, -0.2) is 7.11 Å². The fraction of sp³-hybridized carbons (Fsp3) is 0.111. The molecule has 26 heavy (non-hydrogen) atoms. The van der Waals surface area contributed by atoms with E-state index >= 15 is 0 Å². The van der Waals surface area contributed by atoms with E-state index in [9.17, 15) is 13.2 Å². The lowest BCUT2D eigenvalue weighted by Gasteiger charge is -2.28. The fourth-order valence-electron chi connectivity index (χ4n) is 2.52. The van der Waals surface area contributed by atoms with Gasteiger partial charge in [0.1, 0.15) is 12.0 Å². The van der Waals surface area contributed by atoms with Gasteiger partial charge in [0, 0.05) is 17.5 Å². The third-order valence-electron chi connectivity index (χ3n) is 3.78. The molecule has 3 nitrogen and oxygen atoms in total. The lowest BCUT2D eigenvalue weighted by atomic mass is 10.1. The second-order valence-electron chi connectivity index (χ2n) is 5.37. The maximum atomic E-state index is 13.1. The van der Waals surface area contributed by atoms with Crippen molar-refractivity contribution in [2.45, 2.75) is 6.18 Å². The predicted molar refractivity (Wildman–Crippen MR) is 101 cm³/mol. The highest BCUT2D eigenvalue weighted by Crippen LogP contribution is 2.42. The summed E-state index contributed by atoms with van der Waals surface area (Å²) >= 11 is 6.83. The monoisotopic (exact) mass is 489 g/mol. The summed E-state index contributed by atoms with van der Waals surface area (Å²) in [6, 6.07) is 6.88. The first-order valence-electron chi connectivity index (χ1n) is 7.28. The van der Waals surface area contributed by atoms with Crippen molar-refractivity contribution in [2.24, 2.45) is 0 Å². The van der Waals surface area contributed by atoms with Crippen LogP contribution in [-0.2, 0) is 6.18 Å². The van der Waals surface area contributed by atoms with Gasteiger partial charge in [-0.15, -0.1) is 0 Å². The van der Waals surface area contributed by atoms with Gasteiger partial charge >= 0.3 is 6.18 Å². The Bertz CT molecular complexity index is 887. The molecule has 0 fully saturated rings. The Morgan fingerprint density at radius 1 is 1.15 bits per heavy atom. The molecule has 0 saturated heterocycles. The Balaban J connectivity index is 2.04. The van der Waals surface area contributed by atoms with Crippen LogP contribution in [0.2, 0.25) is 0 Å². The van der Waals surface area contributed by atoms with Crippen LogP contribution in [0, 0.1) is 0 Å². The van der Waals surface area contributed by atoms with E-state index in [2.05, 4.69) is 38.4 Å². The third kappa shape index (κ3) is 3.48. The minimum Gasteiger partial charge on any atom is -0.494 e. The number of nitrogens with zero attached hydrogens (tertiary/aromatic N) is 1. The smallest absolute Gasteiger partial charge is 0.416 e. The van der Waals surface area contributed by atoms with Crippen LogP contribution < -0.4 is 14.4 Å². The second kappa shape index (κ2) is 7.00. The first-order valence-corrected chi connectivity index (χ1v) is 8.87. The van der Waals surface area contributed by atoms with E-state index in [-0.39, 0.29) is 5.69 Å². The van der Waals surface area contributed by atoms with Gasteiger partial charge in [0.15, 0.2) is 5.75 Å². The van der Waals surface area contributed by atoms with Crippen molar-refractivity contribution in [2.75, 3.05) is 12.0 Å². The van der Waals surface area contributed by atoms with Crippen molar-refractivity contribution in [3.8, 4) is 11.5 Å². The molecule has 8 heteroatoms. The largest absolute Gasteiger partial charge is 0.494 e. The molecule has 0 bridgehead atoms. The third-order valence-corrected chi connectivity index (χ3v) is 4.96. The summed E-state index contributed by atoms with van der Waals surface area (Å²) in [6.07, 6.45) is -1.53. The Hall–Kier alpha value is -1.93. The molecule has 136 valence electrons. The number of hydrogen-bond acceptors (Lipinski definition) is 3. The van der Waals surface area contributed by atoms with Gasteiger partial charge in [0.25, 0.3) is 0 Å². The number of fused-ring (bicyclic) bond motifs is 1. The molecule has 1 aliphatic heterocycles. The van der Waals surface area contributed by atoms with Crippen molar-refractivity contribution in [1.82, 2.24) is 0 Å². The van der Waals surface area contributed by atoms with E-state index in [0.29, 0.717) is 31.7 Å². The minimum atomic E-state index is -4.45. The molecule has 3 rings (SSSR count). The van der Waals surface area contributed by atoms with Gasteiger partial charge in [-0.2, -0.15) is 13.2 Å². The molecule has 2 aromatic carbocycles. The first kappa shape index (κ1) is 18.8. The number of methoxy groups -OCH3 is 1. The summed E-state index contributed by atoms with van der Waals surface area (Å²) in [5.41, 5.74) is 0.675. The molecular weight excluding hydrogens is 479 g/mol. The number of alkyl halides is 3. The molecule has 1 heterocycles. The maximum Gasteiger partial charge on any atom is 0.416 e. The van der Waals surface area contributed by atoms with Crippen LogP contribution in [0.15, 0.2) is 58.3 Å². The maximum absolute atomic E-state index is 13.1. The SMILES string of the molecule is C=C(c1cc(Br)c(OC)c(Br)c1)N1C=COc2ccc(C(F)(F)F)cc21. The first-order chi connectivity index (χ1) is 12.2. The molecular formula is C18H12Br2F3NO2. The van der Waals surface area contributed by atoms with Gasteiger partial charge in [-0.1, -0.05) is 6.58 Å². The van der Waals surface area contributed by atoms with Gasteiger partial charge in [0.2, 0.25) is 0 Å². The Morgan fingerprint density at radius 2 is 1.81 bits per heavy atom. The van der Waals surface area contributed by atoms with Crippen molar-refractivity contribution in [3.63, 3.8) is 0 Å². The molecule has 1 aliphatic rings. The summed E-state index contributed by atoms with van der Waals surface area (Å²) in [7, 11) is 1.54. The van der Waals surface area contributed by atoms with Crippen molar-refractivity contribution in [3.05, 3.63) is 69.4 Å². The molecule has 0 spiro atoms. The van der Waals surface area contributed by atoms with E-state index in [1.807, 2.05) is 0 Å². The van der Waals surface area contributed by atoms with Gasteiger partial charge in [-0.25, -0.2) is 0 Å². The molecule has 0 N–H and O–H groups in total. The standard InChI is InChI=1S/C18H12Br2F3NO2/c1-10(11-7-13(19)17(25-2)14(20)8-11)24-5-6-26-16-4-3-12(9-15(16)24)18(21,22)23/h3-9H,1H2,2H3. The number of benzene rings is 2. The summed E-state index contributed by atoms with van der Waals surface area (Å²) < 4.78 is 51.2. The lowest BCUT2D eigenvalue weighted by molar-refractivity contribution is -0.137. The predicted octanol–water partition coefficient (Wildman–Crippen LogP) is 6.58. The lowest BCUT2D eigenvalue weighted by Crippen LogP contribution is -2.19. The van der Waals surface area contributed by atoms with Gasteiger partial charge in [0.05, 0.1) is 27.3 Å². The van der Waals surface area contributed by atoms with E-state index in [0.717, 1.165) is 12.1 Å². The molecule has 0 unspecified atom stereocenters. The molecule has 0 aromatic heterocycles. The van der Waals surface area contributed by atoms with E-state index in [1.54, 1.807) is 24.1 Å². The highest BCUT2D eigenvalue weighted by atomic mass is 79.9. The number of rotatable bonds is 3. The second-order valence-corrected chi connectivity index (χ2v) is 7.08. The zero-order valence-electron chi connectivity index (χ0n) is 13.4. The normalized spacial score (nSPS) is 13.2. The summed E-state index contributed by atoms with van der Waals surface area (Å²) in [4.78, 5) is 1.55. The average molecular weight is 491 g/mol. The van der Waals surface area contributed by atoms with Crippen LogP contribution in [0.25, 0.3) is 5.70 Å². The number of halogens is 5. The van der Waals surface area contributed by atoms with Crippen LogP contribution in [0.4, 0.5) is 18.9 Å². The minimum absolute atomic E-state index is 0.260. The molecule has 0 saturated carbocycles. The molecule has 0 atom stereocenters. The van der Waals surface area contributed by atoms with Crippen LogP contribution >= 0.6 is 31.9 Å². The van der Waals surface area contributed by atoms with Gasteiger partial charge < -0.3 is 14.4 Å². The Kier molecular flexibility index (Phi) is 5.07. The molecule has 0 radical (unpaired) electrons. The topological polar surface area (TPSA) is 21.7 Å². The molecule has 2 aromatic rings. The number of hydrogen-bond donors (Lipinski definition) is 0. The molecule has 0 amide bonds. The van der Waals surface area contributed by atoms with Crippen molar-refractivity contribution < 1.29 is 22.6 Å². The highest BCUT2D eigenvalue weighted by Gasteiger charge is 2.32. The van der Waals surface area contributed by atoms with Crippen LogP contribution in [0.1, 0.15) is 11.1 Å². The molecule has 0 aliphatic carbocycles. The summed E-state index contributed by atoms with van der Waals surface area (Å²) in [6.45, 7) is 4.03. The van der Waals surface area contributed by atoms with E-state index in [4.69, 9.17) is 9.47 Å². The van der Waals surface area contributed by atoms with E-state index < -0.39 is 11.7 Å². The zero-order chi connectivity index (χ0) is 19.1. The summed E-state index contributed by atoms with van der Waals surface area (Å²) in [5.74, 6) is 0.923. The highest BCUT2D eigenvalue weighted by molar-refractivity contribution is 9.11. The van der Waals surface area contributed by atoms with Gasteiger partial charge in [-0.3, -0.25) is 0 Å². The number of anilines is 1. The Labute approximate surface area is 165 Å². The van der Waals surface area contributed by atoms with Crippen LogP contribution in [0.5, 0.6) is 11.5 Å². The van der Waals surface area contributed by atoms with Crippen molar-refractivity contribution >= 4 is 43.2 Å². The quantitative estimate of drug-likeness (QED) is 0.485. The fourth-order valence-corrected chi connectivity index (χ4v) is 4.03. The summed E-state index contributed by atoms with van der Waals surface area (Å²) in [5, 5.41) is 0. The average Bonchev–Trinajstić information content (AvgIpc) is 2.59. The zero-order valence-corrected chi connectivity index (χ0v) is 16.6. The van der Waals surface area contributed by atoms with Crippen LogP contribution in [0.3, 0.4) is 0 Å². The number of ether oxygens (including phenoxy) is 2. The van der Waals surface area contributed by atoms with Gasteiger partial charge in [-0.05, 0) is 62.2 Å². The Morgan fingerprint density at radius 3 is 2.38 bits per heavy atom.